The lowest BCUT2D eigenvalue weighted by Crippen LogP contribution is -2.14. The van der Waals surface area contributed by atoms with E-state index in [-0.39, 0.29) is 5.78 Å². The molecule has 0 radical (unpaired) electrons. The van der Waals surface area contributed by atoms with Gasteiger partial charge in [0.05, 0.1) is 0 Å². The normalized spacial score (nSPS) is 10.6. The van der Waals surface area contributed by atoms with Crippen molar-refractivity contribution in [1.29, 1.82) is 0 Å². The Bertz CT molecular complexity index is 617. The van der Waals surface area contributed by atoms with Gasteiger partial charge in [0, 0.05) is 11.1 Å². The number of hydrogen-bond donors (Lipinski definition) is 1. The molecule has 0 bridgehead atoms. The molecule has 1 N–H and O–H groups in total. The predicted octanol–water partition coefficient (Wildman–Crippen LogP) is 3.30. The topological polar surface area (TPSA) is 29.1 Å². The molecule has 2 aromatic rings. The number of hydrogen-bond acceptors (Lipinski definition) is 2. The quantitative estimate of drug-likeness (QED) is 0.842. The summed E-state index contributed by atoms with van der Waals surface area (Å²) in [6, 6.07) is 13.9. The third-order valence-electron chi connectivity index (χ3n) is 3.53. The number of aryl methyl sites for hydroxylation is 2. The van der Waals surface area contributed by atoms with Gasteiger partial charge in [-0.15, -0.1) is 0 Å². The van der Waals surface area contributed by atoms with Gasteiger partial charge in [-0.05, 0) is 45.0 Å². The Morgan fingerprint density at radius 2 is 1.80 bits per heavy atom. The van der Waals surface area contributed by atoms with E-state index in [2.05, 4.69) is 11.4 Å². The van der Waals surface area contributed by atoms with Gasteiger partial charge in [-0.25, -0.2) is 0 Å². The first-order valence-electron chi connectivity index (χ1n) is 6.98. The molecule has 0 saturated carbocycles. The second-order valence-electron chi connectivity index (χ2n) is 5.16. The van der Waals surface area contributed by atoms with E-state index in [4.69, 9.17) is 0 Å². The lowest BCUT2D eigenvalue weighted by atomic mass is 9.93. The molecular weight excluding hydrogens is 246 g/mol. The van der Waals surface area contributed by atoms with Gasteiger partial charge in [0.1, 0.15) is 0 Å². The zero-order chi connectivity index (χ0) is 14.5. The second-order valence-corrected chi connectivity index (χ2v) is 5.16. The summed E-state index contributed by atoms with van der Waals surface area (Å²) in [6.07, 6.45) is 0.864. The van der Waals surface area contributed by atoms with E-state index < -0.39 is 0 Å². The zero-order valence-electron chi connectivity index (χ0n) is 12.4. The fraction of sp³-hybridized carbons (Fsp3) is 0.278. The van der Waals surface area contributed by atoms with Crippen LogP contribution >= 0.6 is 0 Å². The summed E-state index contributed by atoms with van der Waals surface area (Å²) in [6.45, 7) is 4.91. The van der Waals surface area contributed by atoms with E-state index in [1.54, 1.807) is 0 Å². The molecule has 0 atom stereocenters. The van der Waals surface area contributed by atoms with Gasteiger partial charge in [0.15, 0.2) is 5.78 Å². The smallest absolute Gasteiger partial charge is 0.193 e. The third-order valence-corrected chi connectivity index (χ3v) is 3.53. The minimum absolute atomic E-state index is 0.120. The first-order chi connectivity index (χ1) is 9.63. The van der Waals surface area contributed by atoms with Gasteiger partial charge in [0.25, 0.3) is 0 Å². The molecule has 0 saturated heterocycles. The van der Waals surface area contributed by atoms with Crippen LogP contribution in [0.25, 0.3) is 0 Å². The number of carbonyl (C=O) groups is 1. The fourth-order valence-corrected chi connectivity index (χ4v) is 2.43. The molecular formula is C18H21NO. The molecule has 0 heterocycles. The molecule has 0 aromatic heterocycles. The summed E-state index contributed by atoms with van der Waals surface area (Å²) < 4.78 is 0. The largest absolute Gasteiger partial charge is 0.319 e. The standard InChI is InChI=1S/C18H21NO/c1-13-8-9-16(14(2)12-13)18(20)17-7-5-4-6-15(17)10-11-19-3/h4-9,12,19H,10-11H2,1-3H3. The summed E-state index contributed by atoms with van der Waals surface area (Å²) in [7, 11) is 1.93. The molecule has 2 rings (SSSR count). The highest BCUT2D eigenvalue weighted by Crippen LogP contribution is 2.18. The summed E-state index contributed by atoms with van der Waals surface area (Å²) in [5.74, 6) is 0.120. The van der Waals surface area contributed by atoms with Crippen molar-refractivity contribution < 1.29 is 4.79 Å². The number of rotatable bonds is 5. The average molecular weight is 267 g/mol. The van der Waals surface area contributed by atoms with Crippen LogP contribution < -0.4 is 5.32 Å². The number of benzene rings is 2. The van der Waals surface area contributed by atoms with Gasteiger partial charge in [0.2, 0.25) is 0 Å². The SMILES string of the molecule is CNCCc1ccccc1C(=O)c1ccc(C)cc1C. The molecule has 0 fully saturated rings. The minimum atomic E-state index is 0.120. The second kappa shape index (κ2) is 6.49. The van der Waals surface area contributed by atoms with Crippen molar-refractivity contribution in [3.05, 3.63) is 70.3 Å². The van der Waals surface area contributed by atoms with Crippen LogP contribution in [0, 0.1) is 13.8 Å². The van der Waals surface area contributed by atoms with Crippen molar-refractivity contribution >= 4 is 5.78 Å². The molecule has 2 aromatic carbocycles. The molecule has 2 nitrogen and oxygen atoms in total. The fourth-order valence-electron chi connectivity index (χ4n) is 2.43. The van der Waals surface area contributed by atoms with E-state index in [0.717, 1.165) is 35.2 Å². The first-order valence-corrected chi connectivity index (χ1v) is 6.98. The van der Waals surface area contributed by atoms with Crippen molar-refractivity contribution in [1.82, 2.24) is 5.32 Å². The van der Waals surface area contributed by atoms with Gasteiger partial charge < -0.3 is 5.32 Å². The van der Waals surface area contributed by atoms with Gasteiger partial charge in [-0.1, -0.05) is 48.0 Å². The Balaban J connectivity index is 2.38. The molecule has 0 aliphatic carbocycles. The van der Waals surface area contributed by atoms with E-state index in [0.29, 0.717) is 0 Å². The van der Waals surface area contributed by atoms with Crippen LogP contribution in [-0.4, -0.2) is 19.4 Å². The van der Waals surface area contributed by atoms with Crippen molar-refractivity contribution in [3.8, 4) is 0 Å². The Labute approximate surface area is 120 Å². The van der Waals surface area contributed by atoms with Crippen molar-refractivity contribution in [2.24, 2.45) is 0 Å². The van der Waals surface area contributed by atoms with Crippen molar-refractivity contribution in [3.63, 3.8) is 0 Å². The Morgan fingerprint density at radius 3 is 2.50 bits per heavy atom. The highest BCUT2D eigenvalue weighted by atomic mass is 16.1. The van der Waals surface area contributed by atoms with Crippen molar-refractivity contribution in [2.75, 3.05) is 13.6 Å². The zero-order valence-corrected chi connectivity index (χ0v) is 12.4. The van der Waals surface area contributed by atoms with E-state index in [1.165, 1.54) is 5.56 Å². The van der Waals surface area contributed by atoms with E-state index in [9.17, 15) is 4.79 Å². The summed E-state index contributed by atoms with van der Waals surface area (Å²) >= 11 is 0. The molecule has 104 valence electrons. The Morgan fingerprint density at radius 1 is 1.05 bits per heavy atom. The Kier molecular flexibility index (Phi) is 4.70. The van der Waals surface area contributed by atoms with Crippen LogP contribution in [0.5, 0.6) is 0 Å². The highest BCUT2D eigenvalue weighted by Gasteiger charge is 2.14. The first kappa shape index (κ1) is 14.5. The molecule has 2 heteroatoms. The van der Waals surface area contributed by atoms with Gasteiger partial charge in [-0.3, -0.25) is 4.79 Å². The maximum Gasteiger partial charge on any atom is 0.193 e. The summed E-state index contributed by atoms with van der Waals surface area (Å²) in [5.41, 5.74) is 4.94. The van der Waals surface area contributed by atoms with E-state index in [1.807, 2.05) is 57.3 Å². The third kappa shape index (κ3) is 3.14. The molecule has 0 spiro atoms. The maximum atomic E-state index is 12.7. The van der Waals surface area contributed by atoms with Gasteiger partial charge in [-0.2, -0.15) is 0 Å². The minimum Gasteiger partial charge on any atom is -0.319 e. The highest BCUT2D eigenvalue weighted by molar-refractivity contribution is 6.10. The number of nitrogens with one attached hydrogen (secondary N) is 1. The van der Waals surface area contributed by atoms with Crippen LogP contribution in [0.4, 0.5) is 0 Å². The van der Waals surface area contributed by atoms with Gasteiger partial charge >= 0.3 is 0 Å². The molecule has 0 aliphatic heterocycles. The van der Waals surface area contributed by atoms with E-state index >= 15 is 0 Å². The van der Waals surface area contributed by atoms with Crippen LogP contribution in [0.15, 0.2) is 42.5 Å². The maximum absolute atomic E-state index is 12.7. The molecule has 0 aliphatic rings. The average Bonchev–Trinajstić information content (AvgIpc) is 2.45. The summed E-state index contributed by atoms with van der Waals surface area (Å²) in [5, 5.41) is 3.13. The van der Waals surface area contributed by atoms with Crippen LogP contribution in [0.1, 0.15) is 32.6 Å². The number of carbonyl (C=O) groups excluding carboxylic acids is 1. The Hall–Kier alpha value is -1.93. The molecule has 0 amide bonds. The van der Waals surface area contributed by atoms with Crippen molar-refractivity contribution in [2.45, 2.75) is 20.3 Å². The summed E-state index contributed by atoms with van der Waals surface area (Å²) in [4.78, 5) is 12.7. The lowest BCUT2D eigenvalue weighted by molar-refractivity contribution is 0.103. The lowest BCUT2D eigenvalue weighted by Gasteiger charge is -2.10. The predicted molar refractivity (Wildman–Crippen MR) is 83.4 cm³/mol. The monoisotopic (exact) mass is 267 g/mol. The number of ketones is 1. The van der Waals surface area contributed by atoms with Crippen LogP contribution in [0.2, 0.25) is 0 Å². The molecule has 20 heavy (non-hydrogen) atoms. The van der Waals surface area contributed by atoms with Crippen LogP contribution in [0.3, 0.4) is 0 Å². The molecule has 0 unspecified atom stereocenters. The number of likely N-dealkylation sites (N-methyl/N-ethyl adjacent to an activating group) is 1. The van der Waals surface area contributed by atoms with Crippen LogP contribution in [-0.2, 0) is 6.42 Å².